The molecule has 0 spiro atoms. The average Bonchev–Trinajstić information content (AvgIpc) is 2.26. The van der Waals surface area contributed by atoms with E-state index in [1.165, 1.54) is 0 Å². The molecule has 92 valence electrons. The summed E-state index contributed by atoms with van der Waals surface area (Å²) in [4.78, 5) is 11.2. The Morgan fingerprint density at radius 2 is 1.94 bits per heavy atom. The Labute approximate surface area is 96.7 Å². The molecule has 0 aliphatic heterocycles. The van der Waals surface area contributed by atoms with E-state index in [1.807, 2.05) is 0 Å². The summed E-state index contributed by atoms with van der Waals surface area (Å²) in [7, 11) is 0. The van der Waals surface area contributed by atoms with Gasteiger partial charge < -0.3 is 15.2 Å². The van der Waals surface area contributed by atoms with Crippen LogP contribution in [-0.4, -0.2) is 24.4 Å². The van der Waals surface area contributed by atoms with Crippen LogP contribution in [0.15, 0.2) is 12.3 Å². The number of carbonyl (C=O) groups excluding carboxylic acids is 1. The predicted octanol–water partition coefficient (Wildman–Crippen LogP) is 2.04. The van der Waals surface area contributed by atoms with Crippen molar-refractivity contribution in [1.82, 2.24) is 5.32 Å². The van der Waals surface area contributed by atoms with E-state index in [1.54, 1.807) is 6.92 Å². The standard InChI is InChI=1S/C12H21NO3/c1-9(2)16-12(15)13-7-10-3-5-11(8-14)6-4-10/h10-11,14H,1,3-8H2,2H3,(H,13,15). The van der Waals surface area contributed by atoms with Crippen molar-refractivity contribution in [1.29, 1.82) is 0 Å². The number of ether oxygens (including phenoxy) is 1. The van der Waals surface area contributed by atoms with Crippen LogP contribution in [0.2, 0.25) is 0 Å². The number of allylic oxidation sites excluding steroid dienone is 1. The van der Waals surface area contributed by atoms with Crippen LogP contribution in [0.25, 0.3) is 0 Å². The largest absolute Gasteiger partial charge is 0.416 e. The van der Waals surface area contributed by atoms with Crippen LogP contribution in [0, 0.1) is 11.8 Å². The SMILES string of the molecule is C=C(C)OC(=O)NCC1CCC(CO)CC1. The number of aliphatic hydroxyl groups is 1. The predicted molar refractivity (Wildman–Crippen MR) is 61.8 cm³/mol. The van der Waals surface area contributed by atoms with Gasteiger partial charge in [0.05, 0.1) is 5.76 Å². The molecule has 1 aliphatic rings. The smallest absolute Gasteiger partial charge is 0.412 e. The Morgan fingerprint density at radius 1 is 1.38 bits per heavy atom. The Balaban J connectivity index is 2.14. The summed E-state index contributed by atoms with van der Waals surface area (Å²) in [6.07, 6.45) is 3.82. The van der Waals surface area contributed by atoms with Crippen LogP contribution in [0.1, 0.15) is 32.6 Å². The van der Waals surface area contributed by atoms with Gasteiger partial charge in [-0.3, -0.25) is 0 Å². The summed E-state index contributed by atoms with van der Waals surface area (Å²) in [6.45, 7) is 6.09. The van der Waals surface area contributed by atoms with Gasteiger partial charge in [0.2, 0.25) is 0 Å². The van der Waals surface area contributed by atoms with Crippen molar-refractivity contribution in [3.63, 3.8) is 0 Å². The molecule has 0 radical (unpaired) electrons. The number of nitrogens with one attached hydrogen (secondary N) is 1. The Kier molecular flexibility index (Phi) is 5.32. The molecule has 0 heterocycles. The highest BCUT2D eigenvalue weighted by Crippen LogP contribution is 2.27. The van der Waals surface area contributed by atoms with Gasteiger partial charge in [-0.2, -0.15) is 0 Å². The zero-order valence-electron chi connectivity index (χ0n) is 9.87. The van der Waals surface area contributed by atoms with Gasteiger partial charge in [0.25, 0.3) is 0 Å². The van der Waals surface area contributed by atoms with E-state index in [4.69, 9.17) is 9.84 Å². The first kappa shape index (κ1) is 13.0. The minimum Gasteiger partial charge on any atom is -0.416 e. The molecule has 1 amide bonds. The summed E-state index contributed by atoms with van der Waals surface area (Å²) < 4.78 is 4.80. The normalized spacial score (nSPS) is 24.9. The van der Waals surface area contributed by atoms with E-state index < -0.39 is 6.09 Å². The Morgan fingerprint density at radius 3 is 2.44 bits per heavy atom. The highest BCUT2D eigenvalue weighted by atomic mass is 16.6. The molecule has 1 rings (SSSR count). The number of carbonyl (C=O) groups is 1. The second kappa shape index (κ2) is 6.53. The van der Waals surface area contributed by atoms with Crippen molar-refractivity contribution in [2.45, 2.75) is 32.6 Å². The topological polar surface area (TPSA) is 58.6 Å². The van der Waals surface area contributed by atoms with E-state index in [0.29, 0.717) is 24.1 Å². The number of amides is 1. The second-order valence-electron chi connectivity index (χ2n) is 4.54. The minimum atomic E-state index is -0.420. The Bertz CT molecular complexity index is 245. The van der Waals surface area contributed by atoms with Gasteiger partial charge in [-0.15, -0.1) is 0 Å². The van der Waals surface area contributed by atoms with E-state index in [-0.39, 0.29) is 6.61 Å². The molecule has 0 aromatic carbocycles. The first-order valence-electron chi connectivity index (χ1n) is 5.84. The molecule has 0 bridgehead atoms. The van der Waals surface area contributed by atoms with Crippen LogP contribution in [0.3, 0.4) is 0 Å². The summed E-state index contributed by atoms with van der Waals surface area (Å²) in [5, 5.41) is 11.7. The highest BCUT2D eigenvalue weighted by molar-refractivity contribution is 5.68. The van der Waals surface area contributed by atoms with Gasteiger partial charge in [0.1, 0.15) is 0 Å². The lowest BCUT2D eigenvalue weighted by molar-refractivity contribution is 0.156. The van der Waals surface area contributed by atoms with Gasteiger partial charge in [0.15, 0.2) is 0 Å². The summed E-state index contributed by atoms with van der Waals surface area (Å²) >= 11 is 0. The third-order valence-corrected chi connectivity index (χ3v) is 3.03. The summed E-state index contributed by atoms with van der Waals surface area (Å²) in [5.41, 5.74) is 0. The molecule has 1 aliphatic carbocycles. The van der Waals surface area contributed by atoms with Crippen LogP contribution in [0.5, 0.6) is 0 Å². The van der Waals surface area contributed by atoms with Crippen molar-refractivity contribution in [2.75, 3.05) is 13.2 Å². The van der Waals surface area contributed by atoms with Gasteiger partial charge in [-0.05, 0) is 44.4 Å². The first-order chi connectivity index (χ1) is 7.61. The number of rotatable bonds is 4. The zero-order chi connectivity index (χ0) is 12.0. The van der Waals surface area contributed by atoms with Crippen molar-refractivity contribution >= 4 is 6.09 Å². The number of aliphatic hydroxyl groups excluding tert-OH is 1. The molecule has 4 nitrogen and oxygen atoms in total. The third-order valence-electron chi connectivity index (χ3n) is 3.03. The highest BCUT2D eigenvalue weighted by Gasteiger charge is 2.20. The molecule has 1 saturated carbocycles. The number of hydrogen-bond donors (Lipinski definition) is 2. The molecule has 0 aromatic heterocycles. The molecule has 16 heavy (non-hydrogen) atoms. The molecule has 0 unspecified atom stereocenters. The fourth-order valence-corrected chi connectivity index (χ4v) is 2.04. The monoisotopic (exact) mass is 227 g/mol. The second-order valence-corrected chi connectivity index (χ2v) is 4.54. The van der Waals surface area contributed by atoms with Crippen LogP contribution < -0.4 is 5.32 Å². The molecule has 0 saturated heterocycles. The fraction of sp³-hybridized carbons (Fsp3) is 0.750. The average molecular weight is 227 g/mol. The van der Waals surface area contributed by atoms with Crippen LogP contribution >= 0.6 is 0 Å². The van der Waals surface area contributed by atoms with Crippen molar-refractivity contribution < 1.29 is 14.6 Å². The molecule has 4 heteroatoms. The quantitative estimate of drug-likeness (QED) is 0.723. The fourth-order valence-electron chi connectivity index (χ4n) is 2.04. The van der Waals surface area contributed by atoms with E-state index in [9.17, 15) is 4.79 Å². The van der Waals surface area contributed by atoms with Gasteiger partial charge in [0, 0.05) is 13.2 Å². The minimum absolute atomic E-state index is 0.290. The van der Waals surface area contributed by atoms with Crippen molar-refractivity contribution in [2.24, 2.45) is 11.8 Å². The van der Waals surface area contributed by atoms with Crippen molar-refractivity contribution in [3.05, 3.63) is 12.3 Å². The Hall–Kier alpha value is -1.03. The van der Waals surface area contributed by atoms with E-state index in [0.717, 1.165) is 25.7 Å². The van der Waals surface area contributed by atoms with Crippen molar-refractivity contribution in [3.8, 4) is 0 Å². The van der Waals surface area contributed by atoms with Crippen LogP contribution in [0.4, 0.5) is 4.79 Å². The first-order valence-corrected chi connectivity index (χ1v) is 5.84. The van der Waals surface area contributed by atoms with E-state index in [2.05, 4.69) is 11.9 Å². The summed E-state index contributed by atoms with van der Waals surface area (Å²) in [6, 6.07) is 0. The maximum absolute atomic E-state index is 11.2. The maximum Gasteiger partial charge on any atom is 0.412 e. The lowest BCUT2D eigenvalue weighted by Crippen LogP contribution is -2.31. The van der Waals surface area contributed by atoms with Gasteiger partial charge >= 0.3 is 6.09 Å². The molecule has 2 N–H and O–H groups in total. The zero-order valence-corrected chi connectivity index (χ0v) is 9.87. The molecule has 0 aromatic rings. The molecule has 1 fully saturated rings. The van der Waals surface area contributed by atoms with Gasteiger partial charge in [-0.1, -0.05) is 6.58 Å². The maximum atomic E-state index is 11.2. The molecule has 0 atom stereocenters. The lowest BCUT2D eigenvalue weighted by Gasteiger charge is -2.27. The number of alkyl carbamates (subject to hydrolysis) is 1. The summed E-state index contributed by atoms with van der Waals surface area (Å²) in [5.74, 6) is 1.38. The lowest BCUT2D eigenvalue weighted by atomic mass is 9.82. The molecular formula is C12H21NO3. The molecular weight excluding hydrogens is 206 g/mol. The van der Waals surface area contributed by atoms with E-state index >= 15 is 0 Å². The van der Waals surface area contributed by atoms with Crippen LogP contribution in [-0.2, 0) is 4.74 Å². The van der Waals surface area contributed by atoms with Gasteiger partial charge in [-0.25, -0.2) is 4.79 Å². The third kappa shape index (κ3) is 4.66. The number of hydrogen-bond acceptors (Lipinski definition) is 3.